The topological polar surface area (TPSA) is 79.4 Å². The third-order valence-corrected chi connectivity index (χ3v) is 6.01. The van der Waals surface area contributed by atoms with E-state index in [1.165, 1.54) is 18.7 Å². The van der Waals surface area contributed by atoms with E-state index < -0.39 is 12.7 Å². The molecule has 0 saturated carbocycles. The Balaban J connectivity index is 1.61. The fourth-order valence-electron chi connectivity index (χ4n) is 4.12. The number of carbonyl (C=O) groups is 1. The molecular formula is C29H28F3N5O2. The van der Waals surface area contributed by atoms with Gasteiger partial charge >= 0.3 is 6.18 Å². The molecular weight excluding hydrogens is 507 g/mol. The Morgan fingerprint density at radius 3 is 2.38 bits per heavy atom. The van der Waals surface area contributed by atoms with Crippen molar-refractivity contribution in [2.45, 2.75) is 12.7 Å². The van der Waals surface area contributed by atoms with E-state index in [9.17, 15) is 18.0 Å². The number of benzene rings is 3. The number of halogens is 3. The summed E-state index contributed by atoms with van der Waals surface area (Å²) in [5.41, 5.74) is 4.13. The van der Waals surface area contributed by atoms with Crippen molar-refractivity contribution in [2.24, 2.45) is 0 Å². The third kappa shape index (κ3) is 6.57. The van der Waals surface area contributed by atoms with Gasteiger partial charge in [-0.15, -0.1) is 0 Å². The molecule has 1 heterocycles. The normalized spacial score (nSPS) is 10.9. The van der Waals surface area contributed by atoms with Crippen molar-refractivity contribution in [3.05, 3.63) is 78.0 Å². The molecule has 7 nitrogen and oxygen atoms in total. The molecule has 0 aliphatic heterocycles. The monoisotopic (exact) mass is 535 g/mol. The lowest BCUT2D eigenvalue weighted by Crippen LogP contribution is -2.18. The Bertz CT molecular complexity index is 1530. The Kier molecular flexibility index (Phi) is 8.20. The van der Waals surface area contributed by atoms with Crippen LogP contribution in [0.25, 0.3) is 10.9 Å². The van der Waals surface area contributed by atoms with Crippen molar-refractivity contribution < 1.29 is 22.7 Å². The molecule has 0 fully saturated rings. The molecule has 4 rings (SSSR count). The van der Waals surface area contributed by atoms with Crippen LogP contribution in [0.5, 0.6) is 5.75 Å². The van der Waals surface area contributed by atoms with Gasteiger partial charge in [0.1, 0.15) is 12.3 Å². The van der Waals surface area contributed by atoms with E-state index >= 15 is 0 Å². The molecule has 4 aromatic rings. The minimum Gasteiger partial charge on any atom is -0.495 e. The van der Waals surface area contributed by atoms with E-state index in [4.69, 9.17) is 4.74 Å². The number of nitrogens with zero attached hydrogens (tertiary/aromatic N) is 1. The summed E-state index contributed by atoms with van der Waals surface area (Å²) in [7, 11) is 4.84. The summed E-state index contributed by atoms with van der Waals surface area (Å²) in [5, 5.41) is 12.6. The predicted molar refractivity (Wildman–Crippen MR) is 149 cm³/mol. The number of nitrogens with one attached hydrogen (secondary N) is 4. The molecule has 39 heavy (non-hydrogen) atoms. The van der Waals surface area contributed by atoms with Gasteiger partial charge in [0.25, 0.3) is 5.91 Å². The van der Waals surface area contributed by atoms with Crippen LogP contribution in [-0.2, 0) is 6.54 Å². The molecule has 0 aliphatic carbocycles. The standard InChI is InChI=1S/C29H28F3N5O2/c1-33-20-10-12-21(13-11-20)36-24-7-4-8-26-23(24)17-22(37(26)18-29(30,31)32)6-5-15-35-25-14-9-19(28(38)34-2)16-27(25)39-3/h4,7-14,16-17,33,35-36H,15,18H2,1-3H3,(H,34,38). The first-order valence-electron chi connectivity index (χ1n) is 12.1. The van der Waals surface area contributed by atoms with Gasteiger partial charge in [0.05, 0.1) is 30.6 Å². The lowest BCUT2D eigenvalue weighted by atomic mass is 10.1. The predicted octanol–water partition coefficient (Wildman–Crippen LogP) is 5.82. The summed E-state index contributed by atoms with van der Waals surface area (Å²) >= 11 is 0. The first-order chi connectivity index (χ1) is 18.7. The number of hydrogen-bond donors (Lipinski definition) is 4. The fourth-order valence-corrected chi connectivity index (χ4v) is 4.12. The van der Waals surface area contributed by atoms with E-state index in [0.29, 0.717) is 33.6 Å². The number of amides is 1. The zero-order chi connectivity index (χ0) is 28.0. The third-order valence-electron chi connectivity index (χ3n) is 6.01. The summed E-state index contributed by atoms with van der Waals surface area (Å²) in [4.78, 5) is 11.9. The van der Waals surface area contributed by atoms with Gasteiger partial charge < -0.3 is 30.6 Å². The maximum atomic E-state index is 13.5. The first kappa shape index (κ1) is 27.3. The second-order valence-corrected chi connectivity index (χ2v) is 8.57. The van der Waals surface area contributed by atoms with Crippen LogP contribution in [0.15, 0.2) is 66.7 Å². The highest BCUT2D eigenvalue weighted by Crippen LogP contribution is 2.32. The number of carbonyl (C=O) groups excluding carboxylic acids is 1. The van der Waals surface area contributed by atoms with Crippen molar-refractivity contribution in [2.75, 3.05) is 43.7 Å². The molecule has 1 amide bonds. The van der Waals surface area contributed by atoms with Crippen molar-refractivity contribution >= 4 is 39.6 Å². The molecule has 0 spiro atoms. The average Bonchev–Trinajstić information content (AvgIpc) is 3.27. The molecule has 0 unspecified atom stereocenters. The quantitative estimate of drug-likeness (QED) is 0.214. The van der Waals surface area contributed by atoms with E-state index in [0.717, 1.165) is 11.4 Å². The Hall–Kier alpha value is -4.78. The highest BCUT2D eigenvalue weighted by molar-refractivity contribution is 5.96. The molecule has 1 aromatic heterocycles. The SMILES string of the molecule is CNC(=O)c1ccc(NCC#Cc2cc3c(Nc4ccc(NC)cc4)cccc3n2CC(F)(F)F)c(OC)c1. The van der Waals surface area contributed by atoms with Crippen LogP contribution in [0.2, 0.25) is 0 Å². The maximum Gasteiger partial charge on any atom is 0.406 e. The Morgan fingerprint density at radius 2 is 1.72 bits per heavy atom. The van der Waals surface area contributed by atoms with Gasteiger partial charge in [-0.25, -0.2) is 0 Å². The molecule has 0 atom stereocenters. The number of hydrogen-bond acceptors (Lipinski definition) is 5. The second kappa shape index (κ2) is 11.7. The maximum absolute atomic E-state index is 13.5. The summed E-state index contributed by atoms with van der Waals surface area (Å²) < 4.78 is 47.1. The van der Waals surface area contributed by atoms with Crippen LogP contribution in [0, 0.1) is 11.8 Å². The van der Waals surface area contributed by atoms with Crippen LogP contribution in [-0.4, -0.2) is 44.4 Å². The summed E-state index contributed by atoms with van der Waals surface area (Å²) in [6.45, 7) is -1.02. The number of methoxy groups -OCH3 is 1. The number of rotatable bonds is 8. The zero-order valence-electron chi connectivity index (χ0n) is 21.7. The largest absolute Gasteiger partial charge is 0.495 e. The molecule has 10 heteroatoms. The minimum atomic E-state index is -4.42. The molecule has 0 aliphatic rings. The van der Waals surface area contributed by atoms with E-state index in [1.54, 1.807) is 36.4 Å². The summed E-state index contributed by atoms with van der Waals surface area (Å²) in [6.07, 6.45) is -4.42. The van der Waals surface area contributed by atoms with Gasteiger partial charge in [-0.2, -0.15) is 13.2 Å². The van der Waals surface area contributed by atoms with Crippen molar-refractivity contribution in [3.63, 3.8) is 0 Å². The average molecular weight is 536 g/mol. The molecule has 0 radical (unpaired) electrons. The van der Waals surface area contributed by atoms with Gasteiger partial charge in [-0.05, 0) is 66.6 Å². The van der Waals surface area contributed by atoms with Crippen molar-refractivity contribution in [1.82, 2.24) is 9.88 Å². The van der Waals surface area contributed by atoms with Crippen molar-refractivity contribution in [3.8, 4) is 17.6 Å². The lowest BCUT2D eigenvalue weighted by molar-refractivity contribution is -0.140. The molecule has 0 saturated heterocycles. The fraction of sp³-hybridized carbons (Fsp3) is 0.207. The molecule has 202 valence electrons. The van der Waals surface area contributed by atoms with Crippen LogP contribution >= 0.6 is 0 Å². The highest BCUT2D eigenvalue weighted by atomic mass is 19.4. The van der Waals surface area contributed by atoms with Crippen molar-refractivity contribution in [1.29, 1.82) is 0 Å². The Labute approximate surface area is 224 Å². The lowest BCUT2D eigenvalue weighted by Gasteiger charge is -2.12. The zero-order valence-corrected chi connectivity index (χ0v) is 21.7. The number of alkyl halides is 3. The van der Waals surface area contributed by atoms with E-state index in [2.05, 4.69) is 33.1 Å². The Morgan fingerprint density at radius 1 is 0.974 bits per heavy atom. The molecule has 0 bridgehead atoms. The number of anilines is 4. The van der Waals surface area contributed by atoms with Crippen LogP contribution < -0.4 is 26.0 Å². The minimum absolute atomic E-state index is 0.145. The number of fused-ring (bicyclic) bond motifs is 1. The van der Waals surface area contributed by atoms with Crippen LogP contribution in [0.3, 0.4) is 0 Å². The number of ether oxygens (including phenoxy) is 1. The first-order valence-corrected chi connectivity index (χ1v) is 12.1. The molecule has 4 N–H and O–H groups in total. The van der Waals surface area contributed by atoms with Gasteiger partial charge in [0.15, 0.2) is 0 Å². The smallest absolute Gasteiger partial charge is 0.406 e. The van der Waals surface area contributed by atoms with Gasteiger partial charge in [-0.3, -0.25) is 4.79 Å². The van der Waals surface area contributed by atoms with Gasteiger partial charge in [-0.1, -0.05) is 12.0 Å². The summed E-state index contributed by atoms with van der Waals surface area (Å²) in [6, 6.07) is 19.4. The van der Waals surface area contributed by atoms with E-state index in [1.807, 2.05) is 37.4 Å². The van der Waals surface area contributed by atoms with Crippen LogP contribution in [0.4, 0.5) is 35.9 Å². The van der Waals surface area contributed by atoms with Gasteiger partial charge in [0.2, 0.25) is 0 Å². The second-order valence-electron chi connectivity index (χ2n) is 8.57. The highest BCUT2D eigenvalue weighted by Gasteiger charge is 2.30. The van der Waals surface area contributed by atoms with E-state index in [-0.39, 0.29) is 18.1 Å². The van der Waals surface area contributed by atoms with Crippen LogP contribution in [0.1, 0.15) is 16.1 Å². The number of aromatic nitrogens is 1. The summed E-state index contributed by atoms with van der Waals surface area (Å²) in [5.74, 6) is 5.99. The van der Waals surface area contributed by atoms with Gasteiger partial charge in [0, 0.05) is 42.1 Å². The molecule has 3 aromatic carbocycles.